The Balaban J connectivity index is 1.41. The van der Waals surface area contributed by atoms with E-state index in [0.717, 1.165) is 36.6 Å². The number of hydrogen-bond donors (Lipinski definition) is 1. The standard InChI is InChI=1S/C24H26F3N5O2/c1-15-13-31(14-16(2)34-15)22-8-7-18(10-28-22)11-29-23(33)21-12-30-32(17(21)3)20-6-4-5-19(9-20)24(25,26)27/h4-10,12,15-16H,11,13-14H2,1-3H3,(H,29,33)/t15-,16-/m0/s1. The van der Waals surface area contributed by atoms with Gasteiger partial charge < -0.3 is 15.0 Å². The molecule has 34 heavy (non-hydrogen) atoms. The molecule has 1 saturated heterocycles. The van der Waals surface area contributed by atoms with Crippen LogP contribution in [0.2, 0.25) is 0 Å². The second kappa shape index (κ2) is 9.46. The number of carbonyl (C=O) groups excluding carboxylic acids is 1. The molecule has 4 rings (SSSR count). The minimum absolute atomic E-state index is 0.129. The number of anilines is 1. The van der Waals surface area contributed by atoms with Crippen LogP contribution < -0.4 is 10.2 Å². The molecule has 1 N–H and O–H groups in total. The van der Waals surface area contributed by atoms with Gasteiger partial charge in [-0.1, -0.05) is 12.1 Å². The fraction of sp³-hybridized carbons (Fsp3) is 0.375. The summed E-state index contributed by atoms with van der Waals surface area (Å²) in [6, 6.07) is 8.66. The first-order valence-corrected chi connectivity index (χ1v) is 11.0. The molecule has 3 aromatic rings. The van der Waals surface area contributed by atoms with Crippen molar-refractivity contribution in [2.24, 2.45) is 0 Å². The summed E-state index contributed by atoms with van der Waals surface area (Å²) in [6.07, 6.45) is -1.12. The van der Waals surface area contributed by atoms with E-state index in [2.05, 4.69) is 20.3 Å². The maximum Gasteiger partial charge on any atom is 0.416 e. The van der Waals surface area contributed by atoms with E-state index in [4.69, 9.17) is 4.74 Å². The lowest BCUT2D eigenvalue weighted by Crippen LogP contribution is -2.45. The number of amides is 1. The highest BCUT2D eigenvalue weighted by molar-refractivity contribution is 5.95. The van der Waals surface area contributed by atoms with Crippen molar-refractivity contribution in [3.8, 4) is 5.69 Å². The van der Waals surface area contributed by atoms with Crippen molar-refractivity contribution in [2.45, 2.75) is 45.7 Å². The predicted octanol–water partition coefficient (Wildman–Crippen LogP) is 4.14. The Hall–Kier alpha value is -3.40. The normalized spacial score (nSPS) is 18.7. The van der Waals surface area contributed by atoms with Gasteiger partial charge in [0, 0.05) is 25.8 Å². The summed E-state index contributed by atoms with van der Waals surface area (Å²) >= 11 is 0. The summed E-state index contributed by atoms with van der Waals surface area (Å²) < 4.78 is 46.2. The Morgan fingerprint density at radius 1 is 1.15 bits per heavy atom. The van der Waals surface area contributed by atoms with Crippen LogP contribution in [0.4, 0.5) is 19.0 Å². The molecule has 2 aromatic heterocycles. The lowest BCUT2D eigenvalue weighted by atomic mass is 10.2. The molecule has 0 aliphatic carbocycles. The molecule has 0 bridgehead atoms. The topological polar surface area (TPSA) is 72.3 Å². The van der Waals surface area contributed by atoms with Crippen LogP contribution in [0.3, 0.4) is 0 Å². The van der Waals surface area contributed by atoms with E-state index in [1.54, 1.807) is 13.1 Å². The van der Waals surface area contributed by atoms with Crippen LogP contribution in [0.1, 0.15) is 41.0 Å². The van der Waals surface area contributed by atoms with Gasteiger partial charge in [-0.3, -0.25) is 4.79 Å². The summed E-state index contributed by atoms with van der Waals surface area (Å²) in [7, 11) is 0. The summed E-state index contributed by atoms with van der Waals surface area (Å²) in [5.41, 5.74) is 1.02. The predicted molar refractivity (Wildman–Crippen MR) is 121 cm³/mol. The van der Waals surface area contributed by atoms with Gasteiger partial charge in [0.15, 0.2) is 0 Å². The fourth-order valence-corrected chi connectivity index (χ4v) is 4.06. The molecular formula is C24H26F3N5O2. The third-order valence-corrected chi connectivity index (χ3v) is 5.68. The molecule has 0 unspecified atom stereocenters. The average Bonchev–Trinajstić information content (AvgIpc) is 3.18. The minimum Gasteiger partial charge on any atom is -0.372 e. The number of aromatic nitrogens is 3. The molecule has 1 aliphatic rings. The SMILES string of the molecule is Cc1c(C(=O)NCc2ccc(N3C[C@H](C)O[C@@H](C)C3)nc2)cnn1-c1cccc(C(F)(F)F)c1. The van der Waals surface area contributed by atoms with Crippen LogP contribution in [-0.4, -0.2) is 46.0 Å². The van der Waals surface area contributed by atoms with E-state index >= 15 is 0 Å². The number of carbonyl (C=O) groups is 1. The zero-order valence-corrected chi connectivity index (χ0v) is 19.1. The third-order valence-electron chi connectivity index (χ3n) is 5.68. The molecule has 1 aromatic carbocycles. The van der Waals surface area contributed by atoms with Crippen LogP contribution in [0, 0.1) is 6.92 Å². The van der Waals surface area contributed by atoms with Crippen molar-refractivity contribution < 1.29 is 22.7 Å². The molecule has 1 aliphatic heterocycles. The van der Waals surface area contributed by atoms with Crippen molar-refractivity contribution in [3.63, 3.8) is 0 Å². The van der Waals surface area contributed by atoms with E-state index in [9.17, 15) is 18.0 Å². The maximum atomic E-state index is 13.0. The van der Waals surface area contributed by atoms with Gasteiger partial charge in [0.05, 0.1) is 40.9 Å². The largest absolute Gasteiger partial charge is 0.416 e. The van der Waals surface area contributed by atoms with Gasteiger partial charge >= 0.3 is 6.18 Å². The summed E-state index contributed by atoms with van der Waals surface area (Å²) in [5, 5.41) is 6.94. The zero-order chi connectivity index (χ0) is 24.5. The zero-order valence-electron chi connectivity index (χ0n) is 19.1. The molecule has 10 heteroatoms. The second-order valence-corrected chi connectivity index (χ2v) is 8.47. The lowest BCUT2D eigenvalue weighted by Gasteiger charge is -2.36. The molecular weight excluding hydrogens is 447 g/mol. The van der Waals surface area contributed by atoms with Gasteiger partial charge in [0.1, 0.15) is 5.82 Å². The van der Waals surface area contributed by atoms with E-state index in [1.807, 2.05) is 26.0 Å². The second-order valence-electron chi connectivity index (χ2n) is 8.47. The smallest absolute Gasteiger partial charge is 0.372 e. The van der Waals surface area contributed by atoms with Crippen molar-refractivity contribution in [3.05, 3.63) is 71.2 Å². The van der Waals surface area contributed by atoms with Crippen LogP contribution >= 0.6 is 0 Å². The van der Waals surface area contributed by atoms with Crippen molar-refractivity contribution in [1.82, 2.24) is 20.1 Å². The molecule has 1 fully saturated rings. The number of halogens is 3. The van der Waals surface area contributed by atoms with E-state index in [-0.39, 0.29) is 30.3 Å². The average molecular weight is 473 g/mol. The molecule has 3 heterocycles. The summed E-state index contributed by atoms with van der Waals surface area (Å²) in [5.74, 6) is 0.492. The number of pyridine rings is 1. The number of rotatable bonds is 5. The van der Waals surface area contributed by atoms with Crippen LogP contribution in [0.25, 0.3) is 5.69 Å². The van der Waals surface area contributed by atoms with E-state index in [1.165, 1.54) is 23.0 Å². The Kier molecular flexibility index (Phi) is 6.60. The molecule has 180 valence electrons. The lowest BCUT2D eigenvalue weighted by molar-refractivity contribution is -0.137. The number of benzene rings is 1. The van der Waals surface area contributed by atoms with Gasteiger partial charge in [0.2, 0.25) is 0 Å². The number of nitrogens with zero attached hydrogens (tertiary/aromatic N) is 4. The molecule has 2 atom stereocenters. The highest BCUT2D eigenvalue weighted by Crippen LogP contribution is 2.30. The van der Waals surface area contributed by atoms with Gasteiger partial charge in [-0.05, 0) is 50.6 Å². The number of hydrogen-bond acceptors (Lipinski definition) is 5. The molecule has 0 saturated carbocycles. The number of alkyl halides is 3. The highest BCUT2D eigenvalue weighted by Gasteiger charge is 2.31. The van der Waals surface area contributed by atoms with Gasteiger partial charge in [0.25, 0.3) is 5.91 Å². The van der Waals surface area contributed by atoms with Crippen LogP contribution in [-0.2, 0) is 17.5 Å². The summed E-state index contributed by atoms with van der Waals surface area (Å²) in [6.45, 7) is 7.50. The molecule has 1 amide bonds. The molecule has 0 spiro atoms. The molecule has 0 radical (unpaired) electrons. The van der Waals surface area contributed by atoms with Crippen molar-refractivity contribution in [2.75, 3.05) is 18.0 Å². The number of morpholine rings is 1. The third kappa shape index (κ3) is 5.22. The number of nitrogens with one attached hydrogen (secondary N) is 1. The van der Waals surface area contributed by atoms with Crippen molar-refractivity contribution >= 4 is 11.7 Å². The molecule has 7 nitrogen and oxygen atoms in total. The van der Waals surface area contributed by atoms with Crippen molar-refractivity contribution in [1.29, 1.82) is 0 Å². The minimum atomic E-state index is -4.46. The first-order chi connectivity index (χ1) is 16.1. The first kappa shape index (κ1) is 23.7. The first-order valence-electron chi connectivity index (χ1n) is 11.0. The van der Waals surface area contributed by atoms with Gasteiger partial charge in [-0.2, -0.15) is 18.3 Å². The Morgan fingerprint density at radius 3 is 2.53 bits per heavy atom. The Labute approximate surface area is 195 Å². The van der Waals surface area contributed by atoms with E-state index in [0.29, 0.717) is 11.3 Å². The quantitative estimate of drug-likeness (QED) is 0.603. The summed E-state index contributed by atoms with van der Waals surface area (Å²) in [4.78, 5) is 19.4. The highest BCUT2D eigenvalue weighted by atomic mass is 19.4. The Morgan fingerprint density at radius 2 is 1.88 bits per heavy atom. The monoisotopic (exact) mass is 473 g/mol. The van der Waals surface area contributed by atoms with Gasteiger partial charge in [-0.25, -0.2) is 9.67 Å². The van der Waals surface area contributed by atoms with Crippen LogP contribution in [0.5, 0.6) is 0 Å². The number of ether oxygens (including phenoxy) is 1. The van der Waals surface area contributed by atoms with Crippen LogP contribution in [0.15, 0.2) is 48.8 Å². The van der Waals surface area contributed by atoms with Gasteiger partial charge in [-0.15, -0.1) is 0 Å². The Bertz CT molecular complexity index is 1150. The van der Waals surface area contributed by atoms with E-state index < -0.39 is 11.7 Å². The fourth-order valence-electron chi connectivity index (χ4n) is 4.06. The maximum absolute atomic E-state index is 13.0.